The first-order chi connectivity index (χ1) is 22.1. The fourth-order valence-electron chi connectivity index (χ4n) is 5.74. The topological polar surface area (TPSA) is 199 Å². The number of unbranched alkanes of at least 4 members (excludes halogenated alkanes) is 1. The van der Waals surface area contributed by atoms with Gasteiger partial charge in [0.25, 0.3) is 0 Å². The van der Waals surface area contributed by atoms with E-state index in [1.165, 1.54) is 12.0 Å². The Morgan fingerprint density at radius 3 is 2.40 bits per heavy atom. The molecule has 5 N–H and O–H groups in total. The Kier molecular flexibility index (Phi) is 13.8. The number of piperidine rings is 1. The monoisotopic (exact) mass is 681 g/mol. The van der Waals surface area contributed by atoms with Crippen molar-refractivity contribution in [2.75, 3.05) is 39.1 Å². The molecule has 0 radical (unpaired) electrons. The molecule has 3 rings (SSSR count). The zero-order chi connectivity index (χ0) is 34.8. The largest absolute Gasteiger partial charge is 0.490 e. The molecule has 1 aromatic carbocycles. The quantitative estimate of drug-likeness (QED) is 0.0814. The maximum atomic E-state index is 13.4. The molecule has 2 fully saturated rings. The summed E-state index contributed by atoms with van der Waals surface area (Å²) in [5, 5.41) is 11.6. The second kappa shape index (κ2) is 17.1. The third kappa shape index (κ3) is 12.0. The Bertz CT molecular complexity index is 1330. The fourth-order valence-corrected chi connectivity index (χ4v) is 7.14. The standard InChI is InChI=1S/C32H51N5O9S/c1-6-7-16-47(41,42)36-26(29(38)43-5)17-21-8-10-23(11-9-21)44-20-24-19-37(31(40)45-24)27(30(39)46-32(2,3)4)18-25(28(33)34)22-12-14-35-15-13-22/h8-11,22,24-27,35-36H,6-7,12-20H2,1-5H3,(H3,33,34). The average Bonchev–Trinajstić information content (AvgIpc) is 3.38. The van der Waals surface area contributed by atoms with Gasteiger partial charge in [0.1, 0.15) is 30.0 Å². The molecule has 0 aromatic heterocycles. The highest BCUT2D eigenvalue weighted by molar-refractivity contribution is 7.89. The maximum absolute atomic E-state index is 13.4. The molecule has 2 heterocycles. The number of amides is 1. The molecule has 14 nitrogen and oxygen atoms in total. The van der Waals surface area contributed by atoms with Crippen LogP contribution in [0.15, 0.2) is 24.3 Å². The van der Waals surface area contributed by atoms with E-state index in [-0.39, 0.29) is 43.5 Å². The van der Waals surface area contributed by atoms with Crippen LogP contribution in [0.2, 0.25) is 0 Å². The summed E-state index contributed by atoms with van der Waals surface area (Å²) < 4.78 is 49.2. The second-order valence-corrected chi connectivity index (χ2v) is 15.0. The molecule has 1 amide bonds. The molecule has 2 aliphatic heterocycles. The predicted molar refractivity (Wildman–Crippen MR) is 175 cm³/mol. The van der Waals surface area contributed by atoms with Crippen LogP contribution in [0.3, 0.4) is 0 Å². The van der Waals surface area contributed by atoms with Gasteiger partial charge in [0.15, 0.2) is 6.10 Å². The lowest BCUT2D eigenvalue weighted by Gasteiger charge is -2.35. The van der Waals surface area contributed by atoms with Crippen LogP contribution in [0.4, 0.5) is 4.79 Å². The number of methoxy groups -OCH3 is 1. The number of ether oxygens (including phenoxy) is 4. The summed E-state index contributed by atoms with van der Waals surface area (Å²) in [5.74, 6) is -1.20. The zero-order valence-electron chi connectivity index (χ0n) is 28.1. The van der Waals surface area contributed by atoms with Crippen LogP contribution in [0.5, 0.6) is 5.75 Å². The van der Waals surface area contributed by atoms with Crippen molar-refractivity contribution in [1.29, 1.82) is 5.41 Å². The average molecular weight is 682 g/mol. The molecular weight excluding hydrogens is 630 g/mol. The number of amidine groups is 1. The number of hydrogen-bond donors (Lipinski definition) is 4. The number of carbonyl (C=O) groups excluding carboxylic acids is 3. The molecule has 0 aliphatic carbocycles. The summed E-state index contributed by atoms with van der Waals surface area (Å²) in [7, 11) is -2.46. The van der Waals surface area contributed by atoms with Gasteiger partial charge in [-0.15, -0.1) is 0 Å². The van der Waals surface area contributed by atoms with Crippen LogP contribution in [-0.2, 0) is 40.2 Å². The number of nitrogens with zero attached hydrogens (tertiary/aromatic N) is 1. The molecule has 2 saturated heterocycles. The van der Waals surface area contributed by atoms with Gasteiger partial charge in [-0.1, -0.05) is 25.5 Å². The van der Waals surface area contributed by atoms with E-state index in [0.29, 0.717) is 24.2 Å². The highest BCUT2D eigenvalue weighted by Gasteiger charge is 2.44. The Labute approximate surface area is 277 Å². The Morgan fingerprint density at radius 2 is 1.83 bits per heavy atom. The summed E-state index contributed by atoms with van der Waals surface area (Å²) in [5.41, 5.74) is 5.91. The van der Waals surface area contributed by atoms with Crippen LogP contribution >= 0.6 is 0 Å². The Morgan fingerprint density at radius 1 is 1.17 bits per heavy atom. The molecule has 4 unspecified atom stereocenters. The van der Waals surface area contributed by atoms with E-state index >= 15 is 0 Å². The molecule has 0 saturated carbocycles. The number of rotatable bonds is 17. The fraction of sp³-hybridized carbons (Fsp3) is 0.688. The van der Waals surface area contributed by atoms with E-state index in [1.54, 1.807) is 45.0 Å². The number of hydrogen-bond acceptors (Lipinski definition) is 11. The van der Waals surface area contributed by atoms with Crippen LogP contribution in [0.25, 0.3) is 0 Å². The van der Waals surface area contributed by atoms with E-state index in [2.05, 4.69) is 10.0 Å². The minimum atomic E-state index is -3.66. The van der Waals surface area contributed by atoms with Gasteiger partial charge < -0.3 is 30.0 Å². The van der Waals surface area contributed by atoms with Crippen LogP contribution in [0.1, 0.15) is 65.4 Å². The summed E-state index contributed by atoms with van der Waals surface area (Å²) in [4.78, 5) is 40.1. The van der Waals surface area contributed by atoms with Gasteiger partial charge >= 0.3 is 18.0 Å². The van der Waals surface area contributed by atoms with E-state index < -0.39 is 57.8 Å². The molecule has 1 aromatic rings. The number of nitrogens with one attached hydrogen (secondary N) is 3. The summed E-state index contributed by atoms with van der Waals surface area (Å²) in [6, 6.07) is 4.69. The van der Waals surface area contributed by atoms with Crippen molar-refractivity contribution >= 4 is 33.9 Å². The Hall–Kier alpha value is -3.43. The highest BCUT2D eigenvalue weighted by Crippen LogP contribution is 2.30. The molecule has 2 aliphatic rings. The van der Waals surface area contributed by atoms with Crippen LogP contribution < -0.4 is 20.5 Å². The minimum Gasteiger partial charge on any atom is -0.490 e. The molecular formula is C32H51N5O9S. The molecule has 4 atom stereocenters. The molecule has 0 spiro atoms. The first kappa shape index (κ1) is 38.0. The van der Waals surface area contributed by atoms with Crippen molar-refractivity contribution in [1.82, 2.24) is 14.9 Å². The van der Waals surface area contributed by atoms with Gasteiger partial charge in [-0.05, 0) is 89.6 Å². The van der Waals surface area contributed by atoms with Gasteiger partial charge in [-0.2, -0.15) is 0 Å². The smallest absolute Gasteiger partial charge is 0.411 e. The van der Waals surface area contributed by atoms with Crippen molar-refractivity contribution < 1.29 is 41.7 Å². The van der Waals surface area contributed by atoms with E-state index in [4.69, 9.17) is 30.1 Å². The second-order valence-electron chi connectivity index (χ2n) is 13.1. The van der Waals surface area contributed by atoms with Gasteiger partial charge in [-0.3, -0.25) is 15.1 Å². The van der Waals surface area contributed by atoms with Gasteiger partial charge in [0.05, 0.1) is 25.2 Å². The minimum absolute atomic E-state index is 0.00900. The summed E-state index contributed by atoms with van der Waals surface area (Å²) in [6.45, 7) is 8.82. The Balaban J connectivity index is 1.65. The van der Waals surface area contributed by atoms with Gasteiger partial charge in [0.2, 0.25) is 10.0 Å². The third-order valence-corrected chi connectivity index (χ3v) is 9.63. The number of benzene rings is 1. The number of cyclic esters (lactones) is 1. The van der Waals surface area contributed by atoms with Crippen molar-refractivity contribution in [3.8, 4) is 5.75 Å². The van der Waals surface area contributed by atoms with E-state index in [0.717, 1.165) is 25.9 Å². The van der Waals surface area contributed by atoms with Crippen molar-refractivity contribution in [2.45, 2.75) is 90.0 Å². The molecule has 0 bridgehead atoms. The van der Waals surface area contributed by atoms with Gasteiger partial charge in [0, 0.05) is 5.92 Å². The first-order valence-corrected chi connectivity index (χ1v) is 17.8. The lowest BCUT2D eigenvalue weighted by atomic mass is 9.80. The van der Waals surface area contributed by atoms with E-state index in [9.17, 15) is 22.8 Å². The van der Waals surface area contributed by atoms with Crippen LogP contribution in [-0.4, -0.2) is 100 Å². The zero-order valence-corrected chi connectivity index (χ0v) is 28.9. The number of esters is 2. The maximum Gasteiger partial charge on any atom is 0.411 e. The molecule has 15 heteroatoms. The summed E-state index contributed by atoms with van der Waals surface area (Å²) in [6.07, 6.45) is 1.68. The highest BCUT2D eigenvalue weighted by atomic mass is 32.2. The lowest BCUT2D eigenvalue weighted by Crippen LogP contribution is -2.49. The van der Waals surface area contributed by atoms with Crippen molar-refractivity contribution in [2.24, 2.45) is 17.6 Å². The van der Waals surface area contributed by atoms with Crippen molar-refractivity contribution in [3.63, 3.8) is 0 Å². The molecule has 47 heavy (non-hydrogen) atoms. The van der Waals surface area contributed by atoms with Gasteiger partial charge in [-0.25, -0.2) is 22.7 Å². The number of carbonyl (C=O) groups is 3. The van der Waals surface area contributed by atoms with Crippen LogP contribution in [0, 0.1) is 17.2 Å². The SMILES string of the molecule is CCCCS(=O)(=O)NC(Cc1ccc(OCC2CN(C(CC(C(=N)N)C3CCNCC3)C(=O)OC(C)(C)C)C(=O)O2)cc1)C(=O)OC. The predicted octanol–water partition coefficient (Wildman–Crippen LogP) is 2.34. The number of sulfonamides is 1. The molecule has 264 valence electrons. The lowest BCUT2D eigenvalue weighted by molar-refractivity contribution is -0.160. The van der Waals surface area contributed by atoms with Crippen molar-refractivity contribution in [3.05, 3.63) is 29.8 Å². The normalized spacial score (nSPS) is 19.4. The summed E-state index contributed by atoms with van der Waals surface area (Å²) >= 11 is 0. The van der Waals surface area contributed by atoms with E-state index in [1.807, 2.05) is 6.92 Å². The first-order valence-electron chi connectivity index (χ1n) is 16.2. The third-order valence-electron chi connectivity index (χ3n) is 8.16. The number of nitrogens with two attached hydrogens (primary N) is 1.